The summed E-state index contributed by atoms with van der Waals surface area (Å²) < 4.78 is 26.4. The van der Waals surface area contributed by atoms with E-state index in [9.17, 15) is 8.78 Å². The van der Waals surface area contributed by atoms with Gasteiger partial charge in [-0.3, -0.25) is 0 Å². The van der Waals surface area contributed by atoms with Crippen LogP contribution in [0.5, 0.6) is 0 Å². The fraction of sp³-hybridized carbons (Fsp3) is 0.333. The number of halogens is 3. The lowest BCUT2D eigenvalue weighted by Crippen LogP contribution is -1.97. The van der Waals surface area contributed by atoms with Crippen molar-refractivity contribution in [2.75, 3.05) is 6.26 Å². The van der Waals surface area contributed by atoms with Crippen LogP contribution in [0.2, 0.25) is 5.02 Å². The Morgan fingerprint density at radius 1 is 1.31 bits per heavy atom. The van der Waals surface area contributed by atoms with Gasteiger partial charge in [-0.05, 0) is 25.3 Å². The Balaban J connectivity index is 3.20. The second-order valence-electron chi connectivity index (χ2n) is 2.66. The van der Waals surface area contributed by atoms with Gasteiger partial charge >= 0.3 is 0 Å². The van der Waals surface area contributed by atoms with Gasteiger partial charge in [0.15, 0.2) is 0 Å². The summed E-state index contributed by atoms with van der Waals surface area (Å²) in [7, 11) is 0. The molecule has 0 amide bonds. The van der Waals surface area contributed by atoms with Crippen LogP contribution in [-0.4, -0.2) is 6.26 Å². The molecule has 0 radical (unpaired) electrons. The van der Waals surface area contributed by atoms with E-state index in [-0.39, 0.29) is 15.8 Å². The highest BCUT2D eigenvalue weighted by atomic mass is 35.5. The Bertz CT molecular complexity index is 291. The SMILES string of the molecule is CSC(C)c1c(F)cc(Cl)cc1F. The summed E-state index contributed by atoms with van der Waals surface area (Å²) >= 11 is 6.87. The second kappa shape index (κ2) is 4.29. The maximum absolute atomic E-state index is 13.2. The van der Waals surface area contributed by atoms with E-state index in [4.69, 9.17) is 11.6 Å². The van der Waals surface area contributed by atoms with Gasteiger partial charge in [0.2, 0.25) is 0 Å². The summed E-state index contributed by atoms with van der Waals surface area (Å²) in [6, 6.07) is 2.26. The molecule has 13 heavy (non-hydrogen) atoms. The molecule has 4 heteroatoms. The van der Waals surface area contributed by atoms with Gasteiger partial charge in [-0.25, -0.2) is 8.78 Å². The molecular formula is C9H9ClF2S. The zero-order valence-corrected chi connectivity index (χ0v) is 8.85. The minimum atomic E-state index is -0.577. The Labute approximate surface area is 85.3 Å². The van der Waals surface area contributed by atoms with Crippen molar-refractivity contribution in [1.29, 1.82) is 0 Å². The molecule has 0 aliphatic rings. The van der Waals surface area contributed by atoms with Crippen molar-refractivity contribution in [3.05, 3.63) is 34.4 Å². The summed E-state index contributed by atoms with van der Waals surface area (Å²) in [5.74, 6) is -1.15. The molecule has 1 rings (SSSR count). The van der Waals surface area contributed by atoms with E-state index in [0.717, 1.165) is 12.1 Å². The van der Waals surface area contributed by atoms with Crippen LogP contribution >= 0.6 is 23.4 Å². The molecule has 0 saturated heterocycles. The Kier molecular flexibility index (Phi) is 3.56. The average Bonchev–Trinajstić information content (AvgIpc) is 2.02. The van der Waals surface area contributed by atoms with E-state index < -0.39 is 11.6 Å². The normalized spacial score (nSPS) is 13.0. The Hall–Kier alpha value is -0.280. The third-order valence-electron chi connectivity index (χ3n) is 1.80. The predicted molar refractivity (Wildman–Crippen MR) is 53.3 cm³/mol. The van der Waals surface area contributed by atoms with Crippen molar-refractivity contribution in [1.82, 2.24) is 0 Å². The molecule has 0 heterocycles. The van der Waals surface area contributed by atoms with Gasteiger partial charge in [-0.15, -0.1) is 0 Å². The Morgan fingerprint density at radius 2 is 1.77 bits per heavy atom. The van der Waals surface area contributed by atoms with Crippen molar-refractivity contribution in [2.45, 2.75) is 12.2 Å². The van der Waals surface area contributed by atoms with Gasteiger partial charge in [0.25, 0.3) is 0 Å². The lowest BCUT2D eigenvalue weighted by molar-refractivity contribution is 0.557. The van der Waals surface area contributed by atoms with Crippen molar-refractivity contribution in [2.24, 2.45) is 0 Å². The molecule has 0 aromatic heterocycles. The molecule has 72 valence electrons. The van der Waals surface area contributed by atoms with Gasteiger partial charge in [-0.2, -0.15) is 11.8 Å². The average molecular weight is 223 g/mol. The topological polar surface area (TPSA) is 0 Å². The maximum atomic E-state index is 13.2. The summed E-state index contributed by atoms with van der Waals surface area (Å²) in [6.45, 7) is 1.75. The molecule has 1 unspecified atom stereocenters. The summed E-state index contributed by atoms with van der Waals surface area (Å²) in [6.07, 6.45) is 1.80. The van der Waals surface area contributed by atoms with Crippen LogP contribution in [0.4, 0.5) is 8.78 Å². The van der Waals surface area contributed by atoms with Crippen molar-refractivity contribution in [3.63, 3.8) is 0 Å². The highest BCUT2D eigenvalue weighted by Crippen LogP contribution is 2.31. The van der Waals surface area contributed by atoms with Crippen LogP contribution in [0.3, 0.4) is 0 Å². The van der Waals surface area contributed by atoms with E-state index in [2.05, 4.69) is 0 Å². The molecule has 0 saturated carbocycles. The second-order valence-corrected chi connectivity index (χ2v) is 4.28. The highest BCUT2D eigenvalue weighted by molar-refractivity contribution is 7.98. The number of benzene rings is 1. The van der Waals surface area contributed by atoms with Gasteiger partial charge < -0.3 is 0 Å². The van der Waals surface area contributed by atoms with Crippen LogP contribution in [-0.2, 0) is 0 Å². The molecule has 1 aromatic carbocycles. The van der Waals surface area contributed by atoms with Crippen LogP contribution < -0.4 is 0 Å². The summed E-state index contributed by atoms with van der Waals surface area (Å²) in [5.41, 5.74) is 0.0944. The van der Waals surface area contributed by atoms with E-state index >= 15 is 0 Å². The first-order chi connectivity index (χ1) is 6.06. The van der Waals surface area contributed by atoms with Gasteiger partial charge in [0.1, 0.15) is 11.6 Å². The van der Waals surface area contributed by atoms with Crippen LogP contribution in [0, 0.1) is 11.6 Å². The standard InChI is InChI=1S/C9H9ClF2S/c1-5(13-2)9-7(11)3-6(10)4-8(9)12/h3-5H,1-2H3. The molecule has 1 aromatic rings. The number of hydrogen-bond donors (Lipinski definition) is 0. The lowest BCUT2D eigenvalue weighted by atomic mass is 10.1. The first-order valence-corrected chi connectivity index (χ1v) is 5.40. The summed E-state index contributed by atoms with van der Waals surface area (Å²) in [4.78, 5) is 0. The third kappa shape index (κ3) is 2.35. The van der Waals surface area contributed by atoms with E-state index in [1.165, 1.54) is 11.8 Å². The first kappa shape index (κ1) is 10.8. The lowest BCUT2D eigenvalue weighted by Gasteiger charge is -2.10. The number of hydrogen-bond acceptors (Lipinski definition) is 1. The maximum Gasteiger partial charge on any atom is 0.131 e. The van der Waals surface area contributed by atoms with Crippen LogP contribution in [0.25, 0.3) is 0 Å². The molecule has 0 spiro atoms. The van der Waals surface area contributed by atoms with Crippen molar-refractivity contribution >= 4 is 23.4 Å². The smallest absolute Gasteiger partial charge is 0.131 e. The summed E-state index contributed by atoms with van der Waals surface area (Å²) in [5, 5.41) is -0.107. The van der Waals surface area contributed by atoms with Gasteiger partial charge in [0.05, 0.1) is 0 Å². The van der Waals surface area contributed by atoms with Crippen LogP contribution in [0.15, 0.2) is 12.1 Å². The van der Waals surface area contributed by atoms with E-state index in [1.54, 1.807) is 13.2 Å². The third-order valence-corrected chi connectivity index (χ3v) is 2.96. The quantitative estimate of drug-likeness (QED) is 0.728. The minimum absolute atomic E-state index is 0.0899. The molecule has 0 nitrogen and oxygen atoms in total. The van der Waals surface area contributed by atoms with E-state index in [1.807, 2.05) is 0 Å². The minimum Gasteiger partial charge on any atom is -0.206 e. The monoisotopic (exact) mass is 222 g/mol. The molecule has 0 aliphatic carbocycles. The molecule has 0 fully saturated rings. The van der Waals surface area contributed by atoms with Crippen LogP contribution in [0.1, 0.15) is 17.7 Å². The van der Waals surface area contributed by atoms with Crippen molar-refractivity contribution in [3.8, 4) is 0 Å². The highest BCUT2D eigenvalue weighted by Gasteiger charge is 2.15. The molecule has 0 N–H and O–H groups in total. The largest absolute Gasteiger partial charge is 0.206 e. The van der Waals surface area contributed by atoms with E-state index in [0.29, 0.717) is 0 Å². The molecule has 1 atom stereocenters. The Morgan fingerprint density at radius 3 is 2.15 bits per heavy atom. The van der Waals surface area contributed by atoms with Crippen molar-refractivity contribution < 1.29 is 8.78 Å². The van der Waals surface area contributed by atoms with Gasteiger partial charge in [0, 0.05) is 15.8 Å². The van der Waals surface area contributed by atoms with Gasteiger partial charge in [-0.1, -0.05) is 11.6 Å². The first-order valence-electron chi connectivity index (χ1n) is 3.73. The molecule has 0 aliphatic heterocycles. The molecule has 0 bridgehead atoms. The zero-order chi connectivity index (χ0) is 10.0. The fourth-order valence-corrected chi connectivity index (χ4v) is 1.71. The zero-order valence-electron chi connectivity index (χ0n) is 7.27. The fourth-order valence-electron chi connectivity index (χ4n) is 1.06. The molecular weight excluding hydrogens is 214 g/mol. The number of thioether (sulfide) groups is 1. The number of rotatable bonds is 2. The predicted octanol–water partition coefficient (Wildman–Crippen LogP) is 4.04.